The summed E-state index contributed by atoms with van der Waals surface area (Å²) in [6, 6.07) is 10.6. The van der Waals surface area contributed by atoms with Crippen LogP contribution in [0, 0.1) is 5.82 Å². The first-order valence-corrected chi connectivity index (χ1v) is 9.65. The summed E-state index contributed by atoms with van der Waals surface area (Å²) in [7, 11) is 1.58. The topological polar surface area (TPSA) is 128 Å². The number of halogens is 1. The van der Waals surface area contributed by atoms with E-state index < -0.39 is 29.2 Å². The summed E-state index contributed by atoms with van der Waals surface area (Å²) in [6.45, 7) is 1.81. The summed E-state index contributed by atoms with van der Waals surface area (Å²) in [5.74, 6) is -2.16. The zero-order chi connectivity index (χ0) is 23.0. The van der Waals surface area contributed by atoms with Crippen LogP contribution >= 0.6 is 0 Å². The second-order valence-corrected chi connectivity index (χ2v) is 7.21. The van der Waals surface area contributed by atoms with Crippen molar-refractivity contribution in [3.05, 3.63) is 71.8 Å². The maximum absolute atomic E-state index is 14.4. The number of nitrogens with one attached hydrogen (secondary N) is 1. The normalized spacial score (nSPS) is 12.0. The monoisotopic (exact) mass is 437 g/mol. The molecule has 4 rings (SSSR count). The van der Waals surface area contributed by atoms with Crippen molar-refractivity contribution in [1.82, 2.24) is 24.6 Å². The predicted molar refractivity (Wildman–Crippen MR) is 113 cm³/mol. The fourth-order valence-corrected chi connectivity index (χ4v) is 3.41. The number of H-pyrrole nitrogens is 1. The number of phenols is 2. The number of rotatable bonds is 5. The van der Waals surface area contributed by atoms with Crippen molar-refractivity contribution in [2.75, 3.05) is 7.05 Å². The Kier molecular flexibility index (Phi) is 5.27. The molecule has 0 aliphatic carbocycles. The quantitative estimate of drug-likeness (QED) is 0.379. The van der Waals surface area contributed by atoms with Crippen molar-refractivity contribution in [1.29, 1.82) is 0 Å². The van der Waals surface area contributed by atoms with Gasteiger partial charge in [0.2, 0.25) is 0 Å². The van der Waals surface area contributed by atoms with Gasteiger partial charge in [-0.15, -0.1) is 5.10 Å². The third-order valence-corrected chi connectivity index (χ3v) is 5.30. The number of para-hydroxylation sites is 1. The fraction of sp³-hybridized carbons (Fsp3) is 0.136. The number of carbonyl (C=O) groups excluding carboxylic acids is 1. The van der Waals surface area contributed by atoms with Crippen LogP contribution in [0.25, 0.3) is 17.1 Å². The molecule has 0 spiro atoms. The van der Waals surface area contributed by atoms with Crippen molar-refractivity contribution in [2.45, 2.75) is 13.0 Å². The van der Waals surface area contributed by atoms with E-state index in [9.17, 15) is 24.5 Å². The second-order valence-electron chi connectivity index (χ2n) is 7.21. The Bertz CT molecular complexity index is 1290. The lowest BCUT2D eigenvalue weighted by molar-refractivity contribution is 0.0737. The van der Waals surface area contributed by atoms with E-state index in [1.165, 1.54) is 29.2 Å². The fourth-order valence-electron chi connectivity index (χ4n) is 3.41. The summed E-state index contributed by atoms with van der Waals surface area (Å²) in [6.07, 6.45) is 1.74. The number of aromatic hydroxyl groups is 3. The Balaban J connectivity index is 1.80. The Hall–Kier alpha value is -4.34. The lowest BCUT2D eigenvalue weighted by Crippen LogP contribution is -2.30. The molecule has 0 aliphatic rings. The highest BCUT2D eigenvalue weighted by Gasteiger charge is 2.26. The molecule has 0 bridgehead atoms. The number of nitrogens with zero attached hydrogens (tertiary/aromatic N) is 4. The standard InChI is InChI=1S/C22H20FN5O4/c1-12(16-7-5-9-24-16)27(2)21(31)14-10-13(18(29)11-19(14)30)20-25-26-22(32)28(20)17-8-4-3-6-15(17)23/h3-12,24,29-30H,1-2H3,(H,26,32). The molecule has 4 aromatic rings. The molecule has 1 unspecified atom stereocenters. The van der Waals surface area contributed by atoms with Crippen LogP contribution in [0.15, 0.2) is 54.7 Å². The molecule has 10 heteroatoms. The van der Waals surface area contributed by atoms with E-state index in [1.54, 1.807) is 19.3 Å². The maximum atomic E-state index is 14.4. The summed E-state index contributed by atoms with van der Waals surface area (Å²) >= 11 is 0. The average molecular weight is 437 g/mol. The molecule has 1 amide bonds. The van der Waals surface area contributed by atoms with Crippen LogP contribution < -0.4 is 0 Å². The lowest BCUT2D eigenvalue weighted by Gasteiger charge is -2.25. The molecule has 9 nitrogen and oxygen atoms in total. The number of amides is 1. The van der Waals surface area contributed by atoms with Gasteiger partial charge in [-0.3, -0.25) is 4.79 Å². The van der Waals surface area contributed by atoms with Gasteiger partial charge in [0.15, 0.2) is 5.82 Å². The van der Waals surface area contributed by atoms with Crippen LogP contribution in [0.3, 0.4) is 0 Å². The molecule has 1 atom stereocenters. The van der Waals surface area contributed by atoms with Crippen molar-refractivity contribution < 1.29 is 24.5 Å². The van der Waals surface area contributed by atoms with Crippen molar-refractivity contribution in [3.8, 4) is 34.6 Å². The van der Waals surface area contributed by atoms with E-state index in [0.717, 1.165) is 16.3 Å². The highest BCUT2D eigenvalue weighted by atomic mass is 19.1. The average Bonchev–Trinajstić information content (AvgIpc) is 3.43. The number of benzene rings is 2. The molecule has 2 aromatic heterocycles. The largest absolute Gasteiger partial charge is 0.507 e. The summed E-state index contributed by atoms with van der Waals surface area (Å²) in [4.78, 5) is 17.6. The van der Waals surface area contributed by atoms with Crippen LogP contribution in [0.4, 0.5) is 4.39 Å². The Morgan fingerprint density at radius 2 is 1.84 bits per heavy atom. The van der Waals surface area contributed by atoms with Gasteiger partial charge in [-0.1, -0.05) is 17.2 Å². The van der Waals surface area contributed by atoms with E-state index in [0.29, 0.717) is 0 Å². The predicted octanol–water partition coefficient (Wildman–Crippen LogP) is 3.35. The summed E-state index contributed by atoms with van der Waals surface area (Å²) < 4.78 is 15.4. The zero-order valence-corrected chi connectivity index (χ0v) is 17.2. The number of aromatic amines is 1. The number of aromatic nitrogens is 4. The lowest BCUT2D eigenvalue weighted by atomic mass is 10.1. The molecule has 0 saturated carbocycles. The van der Waals surface area contributed by atoms with E-state index in [1.807, 2.05) is 19.1 Å². The maximum Gasteiger partial charge on any atom is 0.319 e. The van der Waals surface area contributed by atoms with Crippen molar-refractivity contribution in [2.24, 2.45) is 0 Å². The van der Waals surface area contributed by atoms with Crippen LogP contribution in [-0.2, 0) is 0 Å². The van der Waals surface area contributed by atoms with Gasteiger partial charge in [0.1, 0.15) is 17.3 Å². The third kappa shape index (κ3) is 3.51. The minimum absolute atomic E-state index is 0.0249. The molecule has 0 saturated heterocycles. The SMILES string of the molecule is CC(c1ccc[nH]1)N(C)C(=O)c1cc(-c2nnc(O)n2-c2ccccc2F)c(O)cc1O. The van der Waals surface area contributed by atoms with Gasteiger partial charge in [-0.05, 0) is 37.3 Å². The number of carbonyl (C=O) groups is 1. The molecule has 32 heavy (non-hydrogen) atoms. The van der Waals surface area contributed by atoms with E-state index >= 15 is 0 Å². The molecular weight excluding hydrogens is 417 g/mol. The first kappa shape index (κ1) is 20.9. The van der Waals surface area contributed by atoms with Crippen LogP contribution in [-0.4, -0.2) is 52.9 Å². The highest BCUT2D eigenvalue weighted by Crippen LogP contribution is 2.37. The molecule has 2 heterocycles. The number of phenolic OH excluding ortho intramolecular Hbond substituents is 2. The van der Waals surface area contributed by atoms with Gasteiger partial charge >= 0.3 is 6.01 Å². The van der Waals surface area contributed by atoms with Gasteiger partial charge in [0.25, 0.3) is 5.91 Å². The highest BCUT2D eigenvalue weighted by molar-refractivity contribution is 5.98. The Labute approximate surface area is 182 Å². The van der Waals surface area contributed by atoms with Crippen LogP contribution in [0.2, 0.25) is 0 Å². The van der Waals surface area contributed by atoms with Gasteiger partial charge in [-0.25, -0.2) is 8.96 Å². The third-order valence-electron chi connectivity index (χ3n) is 5.30. The van der Waals surface area contributed by atoms with Gasteiger partial charge < -0.3 is 25.2 Å². The molecular formula is C22H20FN5O4. The zero-order valence-electron chi connectivity index (χ0n) is 17.2. The minimum atomic E-state index is -0.655. The van der Waals surface area contributed by atoms with Gasteiger partial charge in [-0.2, -0.15) is 0 Å². The van der Waals surface area contributed by atoms with Crippen LogP contribution in [0.5, 0.6) is 17.5 Å². The van der Waals surface area contributed by atoms with Crippen LogP contribution in [0.1, 0.15) is 29.0 Å². The Morgan fingerprint density at radius 3 is 2.53 bits per heavy atom. The smallest absolute Gasteiger partial charge is 0.319 e. The molecule has 0 fully saturated rings. The van der Waals surface area contributed by atoms with E-state index in [-0.39, 0.29) is 28.7 Å². The minimum Gasteiger partial charge on any atom is -0.507 e. The summed E-state index contributed by atoms with van der Waals surface area (Å²) in [5.41, 5.74) is 0.607. The molecule has 4 N–H and O–H groups in total. The Morgan fingerprint density at radius 1 is 1.09 bits per heavy atom. The van der Waals surface area contributed by atoms with Crippen molar-refractivity contribution >= 4 is 5.91 Å². The first-order chi connectivity index (χ1) is 15.3. The first-order valence-electron chi connectivity index (χ1n) is 9.65. The van der Waals surface area contributed by atoms with Gasteiger partial charge in [0.05, 0.1) is 22.9 Å². The van der Waals surface area contributed by atoms with E-state index in [2.05, 4.69) is 15.2 Å². The molecule has 2 aromatic carbocycles. The molecule has 0 aliphatic heterocycles. The molecule has 164 valence electrons. The summed E-state index contributed by atoms with van der Waals surface area (Å²) in [5, 5.41) is 38.4. The number of hydrogen-bond acceptors (Lipinski definition) is 6. The second kappa shape index (κ2) is 8.06. The van der Waals surface area contributed by atoms with Crippen molar-refractivity contribution in [3.63, 3.8) is 0 Å². The number of hydrogen-bond donors (Lipinski definition) is 4. The van der Waals surface area contributed by atoms with Gasteiger partial charge in [0, 0.05) is 25.0 Å². The van der Waals surface area contributed by atoms with E-state index in [4.69, 9.17) is 0 Å². The molecule has 0 radical (unpaired) electrons.